The molecular formula is C9H14O2. The lowest BCUT2D eigenvalue weighted by molar-refractivity contribution is -0.130. The molecule has 2 nitrogen and oxygen atoms in total. The van der Waals surface area contributed by atoms with Crippen LogP contribution in [0.3, 0.4) is 0 Å². The Labute approximate surface area is 66.9 Å². The highest BCUT2D eigenvalue weighted by atomic mass is 16.5. The minimum atomic E-state index is 0.282. The monoisotopic (exact) mass is 154 g/mol. The largest absolute Gasteiger partial charge is 0.377 e. The van der Waals surface area contributed by atoms with Gasteiger partial charge in [-0.1, -0.05) is 0 Å². The summed E-state index contributed by atoms with van der Waals surface area (Å²) in [4.78, 5) is 11.0. The standard InChI is InChI=1S/C9H14O2/c10-8-4-3-7-2-1-5-11-9(7)6-8/h7,9H,1-6H2/t7-,9-/m1/s1. The molecule has 1 aliphatic heterocycles. The lowest BCUT2D eigenvalue weighted by atomic mass is 9.81. The van der Waals surface area contributed by atoms with Crippen molar-refractivity contribution in [2.24, 2.45) is 5.92 Å². The van der Waals surface area contributed by atoms with E-state index in [1.54, 1.807) is 0 Å². The summed E-state index contributed by atoms with van der Waals surface area (Å²) in [7, 11) is 0. The average molecular weight is 154 g/mol. The summed E-state index contributed by atoms with van der Waals surface area (Å²) in [6.07, 6.45) is 5.30. The van der Waals surface area contributed by atoms with Crippen LogP contribution < -0.4 is 0 Å². The first-order chi connectivity index (χ1) is 5.36. The molecule has 1 saturated carbocycles. The van der Waals surface area contributed by atoms with Crippen LogP contribution >= 0.6 is 0 Å². The van der Waals surface area contributed by atoms with E-state index in [4.69, 9.17) is 4.74 Å². The van der Waals surface area contributed by atoms with Crippen LogP contribution in [0, 0.1) is 5.92 Å². The Hall–Kier alpha value is -0.370. The van der Waals surface area contributed by atoms with Gasteiger partial charge in [0.05, 0.1) is 6.10 Å². The molecule has 0 bridgehead atoms. The average Bonchev–Trinajstić information content (AvgIpc) is 2.04. The van der Waals surface area contributed by atoms with Gasteiger partial charge < -0.3 is 4.74 Å². The molecule has 0 N–H and O–H groups in total. The van der Waals surface area contributed by atoms with Gasteiger partial charge in [-0.2, -0.15) is 0 Å². The molecule has 1 heterocycles. The number of ether oxygens (including phenoxy) is 1. The van der Waals surface area contributed by atoms with Gasteiger partial charge in [0.2, 0.25) is 0 Å². The molecule has 11 heavy (non-hydrogen) atoms. The van der Waals surface area contributed by atoms with E-state index in [1.807, 2.05) is 0 Å². The molecule has 2 heteroatoms. The summed E-state index contributed by atoms with van der Waals surface area (Å²) >= 11 is 0. The van der Waals surface area contributed by atoms with Gasteiger partial charge in [-0.15, -0.1) is 0 Å². The van der Waals surface area contributed by atoms with Crippen LogP contribution in [-0.2, 0) is 9.53 Å². The SMILES string of the molecule is O=C1CC[C@H]2CCCO[C@@H]2C1. The zero-order valence-electron chi connectivity index (χ0n) is 6.71. The number of rotatable bonds is 0. The van der Waals surface area contributed by atoms with Crippen molar-refractivity contribution in [1.82, 2.24) is 0 Å². The van der Waals surface area contributed by atoms with E-state index in [2.05, 4.69) is 0 Å². The van der Waals surface area contributed by atoms with Crippen LogP contribution in [0.4, 0.5) is 0 Å². The quantitative estimate of drug-likeness (QED) is 0.529. The second-order valence-corrected chi connectivity index (χ2v) is 3.59. The third kappa shape index (κ3) is 1.45. The third-order valence-corrected chi connectivity index (χ3v) is 2.80. The van der Waals surface area contributed by atoms with E-state index in [-0.39, 0.29) is 6.10 Å². The van der Waals surface area contributed by atoms with Gasteiger partial charge in [-0.3, -0.25) is 4.79 Å². The van der Waals surface area contributed by atoms with Crippen molar-refractivity contribution in [1.29, 1.82) is 0 Å². The highest BCUT2D eigenvalue weighted by Gasteiger charge is 2.31. The highest BCUT2D eigenvalue weighted by Crippen LogP contribution is 2.31. The minimum absolute atomic E-state index is 0.282. The molecule has 62 valence electrons. The Morgan fingerprint density at radius 3 is 3.18 bits per heavy atom. The molecule has 0 unspecified atom stereocenters. The van der Waals surface area contributed by atoms with E-state index in [9.17, 15) is 4.79 Å². The Morgan fingerprint density at radius 1 is 1.36 bits per heavy atom. The van der Waals surface area contributed by atoms with Crippen molar-refractivity contribution in [2.45, 2.75) is 38.2 Å². The minimum Gasteiger partial charge on any atom is -0.377 e. The second-order valence-electron chi connectivity index (χ2n) is 3.59. The van der Waals surface area contributed by atoms with Crippen molar-refractivity contribution in [2.75, 3.05) is 6.61 Å². The van der Waals surface area contributed by atoms with Crippen molar-refractivity contribution in [3.63, 3.8) is 0 Å². The van der Waals surface area contributed by atoms with Gasteiger partial charge in [0, 0.05) is 19.4 Å². The lowest BCUT2D eigenvalue weighted by Gasteiger charge is -2.34. The maximum absolute atomic E-state index is 11.0. The molecule has 2 rings (SSSR count). The molecule has 0 spiro atoms. The molecule has 1 saturated heterocycles. The Kier molecular flexibility index (Phi) is 1.95. The number of hydrogen-bond donors (Lipinski definition) is 0. The smallest absolute Gasteiger partial charge is 0.135 e. The van der Waals surface area contributed by atoms with Crippen LogP contribution in [0.2, 0.25) is 0 Å². The first-order valence-corrected chi connectivity index (χ1v) is 4.49. The number of carbonyl (C=O) groups is 1. The van der Waals surface area contributed by atoms with Crippen LogP contribution in [0.1, 0.15) is 32.1 Å². The second kappa shape index (κ2) is 2.94. The number of carbonyl (C=O) groups excluding carboxylic acids is 1. The van der Waals surface area contributed by atoms with Crippen molar-refractivity contribution in [3.05, 3.63) is 0 Å². The summed E-state index contributed by atoms with van der Waals surface area (Å²) < 4.78 is 5.53. The Morgan fingerprint density at radius 2 is 2.27 bits per heavy atom. The molecular weight excluding hydrogens is 140 g/mol. The van der Waals surface area contributed by atoms with Crippen molar-refractivity contribution < 1.29 is 9.53 Å². The first-order valence-electron chi connectivity index (χ1n) is 4.49. The lowest BCUT2D eigenvalue weighted by Crippen LogP contribution is -2.35. The summed E-state index contributed by atoms with van der Waals surface area (Å²) in [6.45, 7) is 0.869. The van der Waals surface area contributed by atoms with E-state index >= 15 is 0 Å². The molecule has 0 aromatic heterocycles. The molecule has 2 fully saturated rings. The van der Waals surface area contributed by atoms with Gasteiger partial charge in [0.1, 0.15) is 5.78 Å². The van der Waals surface area contributed by atoms with E-state index in [0.29, 0.717) is 18.1 Å². The fraction of sp³-hybridized carbons (Fsp3) is 0.889. The molecule has 0 aromatic rings. The van der Waals surface area contributed by atoms with Gasteiger partial charge in [0.15, 0.2) is 0 Å². The fourth-order valence-corrected chi connectivity index (χ4v) is 2.13. The summed E-state index contributed by atoms with van der Waals surface area (Å²) in [5.74, 6) is 1.09. The van der Waals surface area contributed by atoms with E-state index < -0.39 is 0 Å². The third-order valence-electron chi connectivity index (χ3n) is 2.80. The molecule has 0 radical (unpaired) electrons. The molecule has 0 amide bonds. The number of ketones is 1. The topological polar surface area (TPSA) is 26.3 Å². The predicted molar refractivity (Wildman–Crippen MR) is 41.3 cm³/mol. The number of Topliss-reactive ketones (excluding diaryl/α,β-unsaturated/α-hetero) is 1. The van der Waals surface area contributed by atoms with Gasteiger partial charge in [0.25, 0.3) is 0 Å². The van der Waals surface area contributed by atoms with E-state index in [0.717, 1.165) is 19.4 Å². The van der Waals surface area contributed by atoms with Crippen LogP contribution in [-0.4, -0.2) is 18.5 Å². The Balaban J connectivity index is 1.98. The predicted octanol–water partition coefficient (Wildman–Crippen LogP) is 1.53. The number of hydrogen-bond acceptors (Lipinski definition) is 2. The van der Waals surface area contributed by atoms with Crippen LogP contribution in [0.25, 0.3) is 0 Å². The van der Waals surface area contributed by atoms with Gasteiger partial charge in [-0.25, -0.2) is 0 Å². The Bertz CT molecular complexity index is 165. The maximum Gasteiger partial charge on any atom is 0.135 e. The zero-order chi connectivity index (χ0) is 7.68. The maximum atomic E-state index is 11.0. The normalized spacial score (nSPS) is 38.4. The molecule has 1 aliphatic carbocycles. The van der Waals surface area contributed by atoms with Crippen LogP contribution in [0.5, 0.6) is 0 Å². The first kappa shape index (κ1) is 7.29. The molecule has 0 aromatic carbocycles. The van der Waals surface area contributed by atoms with E-state index in [1.165, 1.54) is 12.8 Å². The van der Waals surface area contributed by atoms with Crippen molar-refractivity contribution in [3.8, 4) is 0 Å². The summed E-state index contributed by atoms with van der Waals surface area (Å²) in [5.41, 5.74) is 0. The summed E-state index contributed by atoms with van der Waals surface area (Å²) in [6, 6.07) is 0. The number of fused-ring (bicyclic) bond motifs is 1. The highest BCUT2D eigenvalue weighted by molar-refractivity contribution is 5.79. The molecule has 2 aliphatic rings. The van der Waals surface area contributed by atoms with Gasteiger partial charge >= 0.3 is 0 Å². The van der Waals surface area contributed by atoms with Crippen molar-refractivity contribution >= 4 is 5.78 Å². The molecule has 2 atom stereocenters. The zero-order valence-corrected chi connectivity index (χ0v) is 6.71. The van der Waals surface area contributed by atoms with Gasteiger partial charge in [-0.05, 0) is 25.2 Å². The summed E-state index contributed by atoms with van der Waals surface area (Å²) in [5, 5.41) is 0. The fourth-order valence-electron chi connectivity index (χ4n) is 2.13. The van der Waals surface area contributed by atoms with Crippen LogP contribution in [0.15, 0.2) is 0 Å².